The second kappa shape index (κ2) is 12.5. The highest BCUT2D eigenvalue weighted by molar-refractivity contribution is 7.21. The van der Waals surface area contributed by atoms with Gasteiger partial charge in [-0.2, -0.15) is 9.97 Å². The van der Waals surface area contributed by atoms with Crippen LogP contribution < -0.4 is 0 Å². The Morgan fingerprint density at radius 3 is 1.81 bits per heavy atom. The maximum atomic E-state index is 5.35. The first-order chi connectivity index (χ1) is 28.3. The van der Waals surface area contributed by atoms with Crippen LogP contribution in [0.2, 0.25) is 0 Å². The lowest BCUT2D eigenvalue weighted by Gasteiger charge is -2.15. The zero-order chi connectivity index (χ0) is 37.5. The van der Waals surface area contributed by atoms with Gasteiger partial charge >= 0.3 is 0 Å². The fraction of sp³-hybridized carbons (Fsp3) is 0. The molecule has 0 N–H and O–H groups in total. The molecule has 0 amide bonds. The van der Waals surface area contributed by atoms with Crippen molar-refractivity contribution in [2.45, 2.75) is 0 Å². The molecule has 6 nitrogen and oxygen atoms in total. The van der Waals surface area contributed by atoms with Crippen molar-refractivity contribution in [1.29, 1.82) is 0 Å². The normalized spacial score (nSPS) is 11.9. The van der Waals surface area contributed by atoms with Crippen molar-refractivity contribution in [2.75, 3.05) is 0 Å². The van der Waals surface area contributed by atoms with Crippen LogP contribution in [-0.4, -0.2) is 29.1 Å². The van der Waals surface area contributed by atoms with Crippen LogP contribution in [0.3, 0.4) is 0 Å². The molecule has 0 saturated heterocycles. The number of para-hydroxylation sites is 4. The van der Waals surface area contributed by atoms with Crippen LogP contribution in [0, 0.1) is 0 Å². The van der Waals surface area contributed by atoms with E-state index in [1.54, 1.807) is 11.3 Å². The minimum Gasteiger partial charge on any atom is -0.306 e. The smallest absolute Gasteiger partial charge is 0.238 e. The SMILES string of the molecule is c1ccc(-c2nc(-c3ccc4ccccc4c3)nc(-n3c4ccccc4c4ccc5c6ccccc6n(-c6ccccc6-c6nc7ccccc7s6)c5c43)n2)cc1. The Morgan fingerprint density at radius 1 is 0.404 bits per heavy atom. The van der Waals surface area contributed by atoms with E-state index in [4.69, 9.17) is 19.9 Å². The van der Waals surface area contributed by atoms with Crippen molar-refractivity contribution in [2.24, 2.45) is 0 Å². The van der Waals surface area contributed by atoms with E-state index in [2.05, 4.69) is 173 Å². The van der Waals surface area contributed by atoms with E-state index in [0.29, 0.717) is 17.6 Å². The van der Waals surface area contributed by atoms with Gasteiger partial charge in [-0.3, -0.25) is 4.57 Å². The summed E-state index contributed by atoms with van der Waals surface area (Å²) in [5.41, 5.74) is 9.23. The summed E-state index contributed by atoms with van der Waals surface area (Å²) in [6.07, 6.45) is 0. The summed E-state index contributed by atoms with van der Waals surface area (Å²) in [7, 11) is 0. The molecule has 0 aliphatic heterocycles. The van der Waals surface area contributed by atoms with Crippen LogP contribution in [0.5, 0.6) is 0 Å². The van der Waals surface area contributed by atoms with Crippen LogP contribution in [0.25, 0.3) is 110 Å². The Balaban J connectivity index is 1.21. The molecule has 0 aliphatic carbocycles. The minimum absolute atomic E-state index is 0.557. The Morgan fingerprint density at radius 2 is 1.02 bits per heavy atom. The molecule has 12 rings (SSSR count). The molecule has 0 atom stereocenters. The second-order valence-electron chi connectivity index (χ2n) is 14.3. The maximum Gasteiger partial charge on any atom is 0.238 e. The zero-order valence-corrected chi connectivity index (χ0v) is 31.2. The van der Waals surface area contributed by atoms with Crippen molar-refractivity contribution in [3.05, 3.63) is 182 Å². The van der Waals surface area contributed by atoms with Gasteiger partial charge in [-0.25, -0.2) is 9.97 Å². The number of hydrogen-bond donors (Lipinski definition) is 0. The Hall–Kier alpha value is -7.48. The van der Waals surface area contributed by atoms with Gasteiger partial charge in [-0.15, -0.1) is 11.3 Å². The van der Waals surface area contributed by atoms with Gasteiger partial charge < -0.3 is 4.57 Å². The number of thiazole rings is 1. The summed E-state index contributed by atoms with van der Waals surface area (Å²) >= 11 is 1.72. The first-order valence-corrected chi connectivity index (χ1v) is 19.8. The van der Waals surface area contributed by atoms with Crippen LogP contribution in [-0.2, 0) is 0 Å². The van der Waals surface area contributed by atoms with Crippen molar-refractivity contribution in [1.82, 2.24) is 29.1 Å². The average Bonchev–Trinajstić information content (AvgIpc) is 3.97. The molecule has 0 saturated carbocycles. The number of hydrogen-bond acceptors (Lipinski definition) is 5. The molecular weight excluding hydrogens is 717 g/mol. The lowest BCUT2D eigenvalue weighted by molar-refractivity contribution is 0.953. The highest BCUT2D eigenvalue weighted by Gasteiger charge is 2.25. The maximum absolute atomic E-state index is 5.35. The Kier molecular flexibility index (Phi) is 7.00. The molecule has 0 bridgehead atoms. The summed E-state index contributed by atoms with van der Waals surface area (Å²) < 4.78 is 5.84. The van der Waals surface area contributed by atoms with Crippen LogP contribution >= 0.6 is 11.3 Å². The summed E-state index contributed by atoms with van der Waals surface area (Å²) in [4.78, 5) is 20.9. The van der Waals surface area contributed by atoms with Gasteiger partial charge in [-0.05, 0) is 53.2 Å². The van der Waals surface area contributed by atoms with E-state index in [-0.39, 0.29) is 0 Å². The third-order valence-corrected chi connectivity index (χ3v) is 12.1. The Labute approximate surface area is 330 Å². The van der Waals surface area contributed by atoms with Crippen LogP contribution in [0.1, 0.15) is 0 Å². The predicted octanol–water partition coefficient (Wildman–Crippen LogP) is 12.8. The fourth-order valence-electron chi connectivity index (χ4n) is 8.43. The van der Waals surface area contributed by atoms with Gasteiger partial charge in [0.15, 0.2) is 11.6 Å². The third kappa shape index (κ3) is 4.96. The topological polar surface area (TPSA) is 61.4 Å². The molecule has 0 radical (unpaired) electrons. The van der Waals surface area contributed by atoms with Gasteiger partial charge in [0.25, 0.3) is 0 Å². The average molecular weight is 747 g/mol. The van der Waals surface area contributed by atoms with E-state index in [1.165, 1.54) is 15.5 Å². The summed E-state index contributed by atoms with van der Waals surface area (Å²) in [6, 6.07) is 63.8. The molecule has 4 heterocycles. The largest absolute Gasteiger partial charge is 0.306 e. The van der Waals surface area contributed by atoms with Gasteiger partial charge in [0.2, 0.25) is 5.95 Å². The second-order valence-corrected chi connectivity index (χ2v) is 15.3. The van der Waals surface area contributed by atoms with Crippen molar-refractivity contribution >= 4 is 75.9 Å². The molecule has 4 aromatic heterocycles. The van der Waals surface area contributed by atoms with E-state index in [9.17, 15) is 0 Å². The number of rotatable bonds is 5. The quantitative estimate of drug-likeness (QED) is 0.176. The van der Waals surface area contributed by atoms with Crippen molar-refractivity contribution < 1.29 is 0 Å². The first kappa shape index (κ1) is 31.8. The van der Waals surface area contributed by atoms with Crippen LogP contribution in [0.15, 0.2) is 182 Å². The molecular formula is C50H30N6S. The van der Waals surface area contributed by atoms with E-state index in [1.807, 2.05) is 18.2 Å². The monoisotopic (exact) mass is 746 g/mol. The van der Waals surface area contributed by atoms with Gasteiger partial charge in [-0.1, -0.05) is 140 Å². The first-order valence-electron chi connectivity index (χ1n) is 19.0. The van der Waals surface area contributed by atoms with E-state index < -0.39 is 0 Å². The zero-order valence-electron chi connectivity index (χ0n) is 30.4. The van der Waals surface area contributed by atoms with Gasteiger partial charge in [0, 0.05) is 38.2 Å². The summed E-state index contributed by atoms with van der Waals surface area (Å²) in [5, 5.41) is 7.84. The highest BCUT2D eigenvalue weighted by atomic mass is 32.1. The van der Waals surface area contributed by atoms with Gasteiger partial charge in [0.1, 0.15) is 5.01 Å². The van der Waals surface area contributed by atoms with Gasteiger partial charge in [0.05, 0.1) is 38.0 Å². The summed E-state index contributed by atoms with van der Waals surface area (Å²) in [5.74, 6) is 1.79. The molecule has 0 spiro atoms. The molecule has 0 aliphatic rings. The molecule has 266 valence electrons. The molecule has 0 fully saturated rings. The lowest BCUT2D eigenvalue weighted by Crippen LogP contribution is -2.07. The fourth-order valence-corrected chi connectivity index (χ4v) is 9.43. The number of aromatic nitrogens is 6. The number of benzene rings is 8. The standard InChI is InChI=1S/C50H30N6S/c1-2-15-32(16-3-1)47-52-48(34-27-26-31-14-4-5-17-33(31)30-34)54-50(53-47)56-42-23-11-7-19-36(42)38-29-28-37-35-18-6-10-22-41(35)55(45(37)46(38)56)43-24-12-8-20-39(43)49-51-40-21-9-13-25-44(40)57-49/h1-30H. The molecule has 12 aromatic rings. The minimum atomic E-state index is 0.557. The number of fused-ring (bicyclic) bond motifs is 9. The van der Waals surface area contributed by atoms with E-state index in [0.717, 1.165) is 76.5 Å². The predicted molar refractivity (Wildman–Crippen MR) is 235 cm³/mol. The van der Waals surface area contributed by atoms with Crippen molar-refractivity contribution in [3.63, 3.8) is 0 Å². The van der Waals surface area contributed by atoms with Crippen molar-refractivity contribution in [3.8, 4) is 45.0 Å². The van der Waals surface area contributed by atoms with Crippen LogP contribution in [0.4, 0.5) is 0 Å². The Bertz CT molecular complexity index is 3510. The lowest BCUT2D eigenvalue weighted by atomic mass is 10.1. The molecule has 0 unspecified atom stereocenters. The third-order valence-electron chi connectivity index (χ3n) is 11.0. The van der Waals surface area contributed by atoms with E-state index >= 15 is 0 Å². The molecule has 8 aromatic carbocycles. The number of nitrogens with zero attached hydrogens (tertiary/aromatic N) is 6. The highest BCUT2D eigenvalue weighted by Crippen LogP contribution is 2.44. The molecule has 7 heteroatoms. The molecule has 57 heavy (non-hydrogen) atoms. The summed E-state index contributed by atoms with van der Waals surface area (Å²) in [6.45, 7) is 0.